The highest BCUT2D eigenvalue weighted by Crippen LogP contribution is 2.33. The van der Waals surface area contributed by atoms with Crippen LogP contribution in [0, 0.1) is 0 Å². The van der Waals surface area contributed by atoms with E-state index in [1.165, 1.54) is 81.8 Å². The van der Waals surface area contributed by atoms with E-state index in [9.17, 15) is 5.11 Å². The fraction of sp³-hybridized carbons (Fsp3) is 0.645. The van der Waals surface area contributed by atoms with Gasteiger partial charge in [0.1, 0.15) is 5.75 Å². The molecule has 2 aromatic rings. The predicted molar refractivity (Wildman–Crippen MR) is 145 cm³/mol. The number of benzene rings is 1. The first-order chi connectivity index (χ1) is 16.8. The Balaban J connectivity index is 1.82. The highest BCUT2D eigenvalue weighted by Gasteiger charge is 2.12. The third kappa shape index (κ3) is 11.5. The Hall–Kier alpha value is -1.87. The van der Waals surface area contributed by atoms with Gasteiger partial charge in [-0.3, -0.25) is 4.98 Å². The number of para-hydroxylation sites is 1. The summed E-state index contributed by atoms with van der Waals surface area (Å²) < 4.78 is 6.24. The number of aromatic nitrogens is 1. The summed E-state index contributed by atoms with van der Waals surface area (Å²) in [6.45, 7) is 5.26. The van der Waals surface area contributed by atoms with Crippen LogP contribution in [0.2, 0.25) is 0 Å². The molecule has 3 heteroatoms. The molecule has 0 amide bonds. The Morgan fingerprint density at radius 1 is 0.735 bits per heavy atom. The molecule has 0 aliphatic rings. The highest BCUT2D eigenvalue weighted by molar-refractivity contribution is 5.72. The summed E-state index contributed by atoms with van der Waals surface area (Å²) in [4.78, 5) is 4.37. The van der Waals surface area contributed by atoms with Crippen LogP contribution >= 0.6 is 0 Å². The lowest BCUT2D eigenvalue weighted by atomic mass is 9.96. The number of unbranched alkanes of at least 4 members (excludes halogenated alkanes) is 11. The van der Waals surface area contributed by atoms with Gasteiger partial charge in [0.05, 0.1) is 12.7 Å². The lowest BCUT2D eigenvalue weighted by molar-refractivity contribution is 0.151. The summed E-state index contributed by atoms with van der Waals surface area (Å²) in [5.41, 5.74) is 3.50. The minimum atomic E-state index is -0.233. The fourth-order valence-corrected chi connectivity index (χ4v) is 4.57. The van der Waals surface area contributed by atoms with Crippen LogP contribution in [0.15, 0.2) is 42.7 Å². The molecule has 0 fully saturated rings. The van der Waals surface area contributed by atoms with Gasteiger partial charge in [-0.1, -0.05) is 109 Å². The van der Waals surface area contributed by atoms with Gasteiger partial charge >= 0.3 is 0 Å². The monoisotopic (exact) mass is 467 g/mol. The number of nitrogens with zero attached hydrogens (tertiary/aromatic N) is 1. The molecule has 1 atom stereocenters. The summed E-state index contributed by atoms with van der Waals surface area (Å²) in [5.74, 6) is 0.953. The first kappa shape index (κ1) is 28.4. The normalized spacial score (nSPS) is 12.1. The van der Waals surface area contributed by atoms with E-state index in [-0.39, 0.29) is 6.10 Å². The van der Waals surface area contributed by atoms with Crippen LogP contribution in [0.25, 0.3) is 11.1 Å². The third-order valence-electron chi connectivity index (χ3n) is 6.72. The van der Waals surface area contributed by atoms with Crippen molar-refractivity contribution < 1.29 is 9.84 Å². The first-order valence-corrected chi connectivity index (χ1v) is 14.1. The molecule has 0 aliphatic carbocycles. The summed E-state index contributed by atoms with van der Waals surface area (Å²) in [7, 11) is 0. The van der Waals surface area contributed by atoms with Crippen molar-refractivity contribution >= 4 is 0 Å². The van der Waals surface area contributed by atoms with Crippen LogP contribution in [-0.2, 0) is 6.42 Å². The molecule has 0 spiro atoms. The Morgan fingerprint density at radius 3 is 2.12 bits per heavy atom. The van der Waals surface area contributed by atoms with Crippen molar-refractivity contribution in [3.8, 4) is 16.9 Å². The molecule has 0 bridgehead atoms. The minimum absolute atomic E-state index is 0.233. The van der Waals surface area contributed by atoms with E-state index in [1.54, 1.807) is 0 Å². The standard InChI is InChI=1S/C31H49NO2/c1-3-5-7-9-10-11-12-13-17-25-34-31-20-16-15-19-30(31)29-23-24-32-26-27(29)21-22-28(33)18-14-8-6-4-2/h15-16,19-20,23-24,26,28,33H,3-14,17-18,21-22,25H2,1-2H3. The molecular weight excluding hydrogens is 418 g/mol. The molecule has 1 N–H and O–H groups in total. The maximum absolute atomic E-state index is 10.4. The highest BCUT2D eigenvalue weighted by atomic mass is 16.5. The van der Waals surface area contributed by atoms with Crippen molar-refractivity contribution in [3.05, 3.63) is 48.3 Å². The molecule has 1 heterocycles. The molecule has 0 aliphatic heterocycles. The van der Waals surface area contributed by atoms with E-state index in [0.717, 1.165) is 50.0 Å². The Morgan fingerprint density at radius 2 is 1.38 bits per heavy atom. The molecule has 0 saturated heterocycles. The largest absolute Gasteiger partial charge is 0.493 e. The smallest absolute Gasteiger partial charge is 0.127 e. The zero-order valence-electron chi connectivity index (χ0n) is 21.9. The molecule has 3 nitrogen and oxygen atoms in total. The van der Waals surface area contributed by atoms with Gasteiger partial charge in [-0.05, 0) is 48.9 Å². The van der Waals surface area contributed by atoms with Gasteiger partial charge in [0.2, 0.25) is 0 Å². The number of ether oxygens (including phenoxy) is 1. The Kier molecular flexibility index (Phi) is 15.4. The maximum Gasteiger partial charge on any atom is 0.127 e. The van der Waals surface area contributed by atoms with Crippen molar-refractivity contribution in [3.63, 3.8) is 0 Å². The summed E-state index contributed by atoms with van der Waals surface area (Å²) in [6, 6.07) is 10.4. The molecule has 2 rings (SSSR count). The van der Waals surface area contributed by atoms with E-state index in [0.29, 0.717) is 0 Å². The van der Waals surface area contributed by atoms with Crippen molar-refractivity contribution in [2.45, 2.75) is 123 Å². The lowest BCUT2D eigenvalue weighted by Crippen LogP contribution is -2.08. The van der Waals surface area contributed by atoms with Crippen LogP contribution in [0.3, 0.4) is 0 Å². The third-order valence-corrected chi connectivity index (χ3v) is 6.72. The number of pyridine rings is 1. The van der Waals surface area contributed by atoms with Crippen molar-refractivity contribution in [2.75, 3.05) is 6.61 Å². The SMILES string of the molecule is CCCCCCCCCCCOc1ccccc1-c1ccncc1CCC(O)CCCCCC. The van der Waals surface area contributed by atoms with Crippen molar-refractivity contribution in [1.29, 1.82) is 0 Å². The van der Waals surface area contributed by atoms with E-state index < -0.39 is 0 Å². The number of aliphatic hydroxyl groups excluding tert-OH is 1. The molecule has 1 unspecified atom stereocenters. The quantitative estimate of drug-likeness (QED) is 0.198. The van der Waals surface area contributed by atoms with E-state index in [1.807, 2.05) is 12.4 Å². The van der Waals surface area contributed by atoms with Gasteiger partial charge in [-0.25, -0.2) is 0 Å². The van der Waals surface area contributed by atoms with E-state index in [2.05, 4.69) is 49.2 Å². The van der Waals surface area contributed by atoms with Crippen molar-refractivity contribution in [1.82, 2.24) is 4.98 Å². The average Bonchev–Trinajstić information content (AvgIpc) is 2.87. The van der Waals surface area contributed by atoms with Crippen molar-refractivity contribution in [2.24, 2.45) is 0 Å². The van der Waals surface area contributed by atoms with Crippen LogP contribution in [-0.4, -0.2) is 22.8 Å². The number of hydrogen-bond acceptors (Lipinski definition) is 3. The second-order valence-electron chi connectivity index (χ2n) is 9.75. The van der Waals surface area contributed by atoms with Crippen LogP contribution in [0.5, 0.6) is 5.75 Å². The topological polar surface area (TPSA) is 42.4 Å². The van der Waals surface area contributed by atoms with Crippen LogP contribution < -0.4 is 4.74 Å². The van der Waals surface area contributed by atoms with E-state index in [4.69, 9.17) is 4.74 Å². The molecule has 1 aromatic carbocycles. The summed E-state index contributed by atoms with van der Waals surface area (Å²) in [6.07, 6.45) is 22.8. The maximum atomic E-state index is 10.4. The number of aryl methyl sites for hydroxylation is 1. The van der Waals surface area contributed by atoms with Gasteiger partial charge in [-0.15, -0.1) is 0 Å². The van der Waals surface area contributed by atoms with Gasteiger partial charge in [-0.2, -0.15) is 0 Å². The first-order valence-electron chi connectivity index (χ1n) is 14.1. The predicted octanol–water partition coefficient (Wildman–Crippen LogP) is 8.92. The van der Waals surface area contributed by atoms with Gasteiger partial charge in [0.25, 0.3) is 0 Å². The average molecular weight is 468 g/mol. The summed E-state index contributed by atoms with van der Waals surface area (Å²) >= 11 is 0. The zero-order chi connectivity index (χ0) is 24.3. The van der Waals surface area contributed by atoms with Crippen LogP contribution in [0.4, 0.5) is 0 Å². The van der Waals surface area contributed by atoms with Gasteiger partial charge in [0.15, 0.2) is 0 Å². The van der Waals surface area contributed by atoms with Gasteiger partial charge < -0.3 is 9.84 Å². The van der Waals surface area contributed by atoms with E-state index >= 15 is 0 Å². The Labute approximate surface area is 209 Å². The molecule has 190 valence electrons. The second-order valence-corrected chi connectivity index (χ2v) is 9.75. The lowest BCUT2D eigenvalue weighted by Gasteiger charge is -2.16. The fourth-order valence-electron chi connectivity index (χ4n) is 4.57. The minimum Gasteiger partial charge on any atom is -0.493 e. The zero-order valence-corrected chi connectivity index (χ0v) is 21.9. The molecule has 1 aromatic heterocycles. The second kappa shape index (κ2) is 18.5. The number of aliphatic hydroxyl groups is 1. The molecular formula is C31H49NO2. The molecule has 0 radical (unpaired) electrons. The van der Waals surface area contributed by atoms with Gasteiger partial charge in [0, 0.05) is 18.0 Å². The number of hydrogen-bond donors (Lipinski definition) is 1. The van der Waals surface area contributed by atoms with Crippen LogP contribution in [0.1, 0.15) is 116 Å². The Bertz CT molecular complexity index is 761. The number of rotatable bonds is 20. The molecule has 34 heavy (non-hydrogen) atoms. The molecule has 0 saturated carbocycles. The summed E-state index contributed by atoms with van der Waals surface area (Å²) in [5, 5.41) is 10.4.